The van der Waals surface area contributed by atoms with Crippen molar-refractivity contribution in [3.8, 4) is 5.75 Å². The summed E-state index contributed by atoms with van der Waals surface area (Å²) in [6.45, 7) is 2.87. The Morgan fingerprint density at radius 3 is 2.53 bits per heavy atom. The standard InChI is InChI=1S/C16H17BrO2/c1-13-6-5-9-15(10-17)16(13)19-12-18-11-14-7-3-2-4-8-14/h2-9H,10-12H2,1H3. The van der Waals surface area contributed by atoms with Gasteiger partial charge in [0.05, 0.1) is 6.61 Å². The normalized spacial score (nSPS) is 10.4. The first-order valence-corrected chi connectivity index (χ1v) is 7.32. The molecule has 0 aromatic heterocycles. The van der Waals surface area contributed by atoms with Gasteiger partial charge in [-0.3, -0.25) is 0 Å². The van der Waals surface area contributed by atoms with Crippen LogP contribution in [-0.2, 0) is 16.7 Å². The average molecular weight is 321 g/mol. The number of rotatable bonds is 6. The van der Waals surface area contributed by atoms with Crippen molar-refractivity contribution in [3.05, 3.63) is 65.2 Å². The van der Waals surface area contributed by atoms with Gasteiger partial charge in [0.15, 0.2) is 6.79 Å². The third-order valence-electron chi connectivity index (χ3n) is 2.84. The fourth-order valence-corrected chi connectivity index (χ4v) is 2.30. The highest BCUT2D eigenvalue weighted by Gasteiger charge is 2.05. The molecular weight excluding hydrogens is 304 g/mol. The molecule has 0 aliphatic rings. The van der Waals surface area contributed by atoms with Crippen LogP contribution < -0.4 is 4.74 Å². The summed E-state index contributed by atoms with van der Waals surface area (Å²) in [4.78, 5) is 0. The maximum Gasteiger partial charge on any atom is 0.189 e. The number of aryl methyl sites for hydroxylation is 1. The van der Waals surface area contributed by atoms with Gasteiger partial charge in [0.2, 0.25) is 0 Å². The molecule has 0 radical (unpaired) electrons. The number of para-hydroxylation sites is 1. The molecule has 0 N–H and O–H groups in total. The number of alkyl halides is 1. The summed E-state index contributed by atoms with van der Waals surface area (Å²) in [6.07, 6.45) is 0. The lowest BCUT2D eigenvalue weighted by Gasteiger charge is -2.13. The van der Waals surface area contributed by atoms with E-state index in [1.165, 1.54) is 0 Å². The van der Waals surface area contributed by atoms with Gasteiger partial charge in [-0.2, -0.15) is 0 Å². The lowest BCUT2D eigenvalue weighted by atomic mass is 10.1. The Labute approximate surface area is 122 Å². The van der Waals surface area contributed by atoms with Gasteiger partial charge < -0.3 is 9.47 Å². The topological polar surface area (TPSA) is 18.5 Å². The monoisotopic (exact) mass is 320 g/mol. The summed E-state index contributed by atoms with van der Waals surface area (Å²) in [5.41, 5.74) is 3.42. The Balaban J connectivity index is 1.86. The van der Waals surface area contributed by atoms with Gasteiger partial charge in [-0.05, 0) is 18.1 Å². The van der Waals surface area contributed by atoms with Crippen LogP contribution in [0.25, 0.3) is 0 Å². The minimum absolute atomic E-state index is 0.264. The van der Waals surface area contributed by atoms with Crippen molar-refractivity contribution in [1.29, 1.82) is 0 Å². The van der Waals surface area contributed by atoms with E-state index in [4.69, 9.17) is 9.47 Å². The Morgan fingerprint density at radius 2 is 1.79 bits per heavy atom. The van der Waals surface area contributed by atoms with E-state index >= 15 is 0 Å². The smallest absolute Gasteiger partial charge is 0.189 e. The number of hydrogen-bond acceptors (Lipinski definition) is 2. The van der Waals surface area contributed by atoms with Crippen LogP contribution in [0.1, 0.15) is 16.7 Å². The lowest BCUT2D eigenvalue weighted by molar-refractivity contribution is 0.00429. The predicted octanol–water partition coefficient (Wildman–Crippen LogP) is 4.44. The number of benzene rings is 2. The van der Waals surface area contributed by atoms with Crippen LogP contribution in [0.3, 0.4) is 0 Å². The van der Waals surface area contributed by atoms with E-state index in [1.807, 2.05) is 55.5 Å². The molecule has 2 aromatic rings. The van der Waals surface area contributed by atoms with E-state index in [0.717, 1.165) is 27.8 Å². The average Bonchev–Trinajstić information content (AvgIpc) is 2.46. The minimum atomic E-state index is 0.264. The molecule has 0 amide bonds. The molecule has 0 heterocycles. The maximum atomic E-state index is 5.73. The highest BCUT2D eigenvalue weighted by atomic mass is 79.9. The summed E-state index contributed by atoms with van der Waals surface area (Å²) in [5.74, 6) is 0.910. The molecule has 3 heteroatoms. The summed E-state index contributed by atoms with van der Waals surface area (Å²) in [7, 11) is 0. The zero-order valence-electron chi connectivity index (χ0n) is 10.9. The second-order valence-electron chi connectivity index (χ2n) is 4.29. The molecule has 0 saturated carbocycles. The van der Waals surface area contributed by atoms with Crippen molar-refractivity contribution in [1.82, 2.24) is 0 Å². The highest BCUT2D eigenvalue weighted by Crippen LogP contribution is 2.25. The Hall–Kier alpha value is -1.32. The van der Waals surface area contributed by atoms with Crippen molar-refractivity contribution in [2.75, 3.05) is 6.79 Å². The van der Waals surface area contributed by atoms with Gasteiger partial charge in [-0.25, -0.2) is 0 Å². The van der Waals surface area contributed by atoms with Crippen molar-refractivity contribution >= 4 is 15.9 Å². The molecule has 0 aliphatic carbocycles. The molecular formula is C16H17BrO2. The number of ether oxygens (including phenoxy) is 2. The Morgan fingerprint density at radius 1 is 1.00 bits per heavy atom. The molecule has 0 unspecified atom stereocenters. The summed E-state index contributed by atoms with van der Waals surface area (Å²) < 4.78 is 11.3. The predicted molar refractivity (Wildman–Crippen MR) is 80.5 cm³/mol. The Bertz CT molecular complexity index is 511. The van der Waals surface area contributed by atoms with E-state index in [1.54, 1.807) is 0 Å². The largest absolute Gasteiger partial charge is 0.467 e. The second-order valence-corrected chi connectivity index (χ2v) is 4.85. The zero-order valence-corrected chi connectivity index (χ0v) is 12.5. The van der Waals surface area contributed by atoms with Crippen LogP contribution in [0.5, 0.6) is 5.75 Å². The van der Waals surface area contributed by atoms with Gasteiger partial charge in [-0.15, -0.1) is 0 Å². The maximum absolute atomic E-state index is 5.73. The molecule has 2 nitrogen and oxygen atoms in total. The van der Waals surface area contributed by atoms with Gasteiger partial charge in [0, 0.05) is 10.9 Å². The lowest BCUT2D eigenvalue weighted by Crippen LogP contribution is -2.05. The quantitative estimate of drug-likeness (QED) is 0.445. The molecule has 0 saturated heterocycles. The van der Waals surface area contributed by atoms with Crippen LogP contribution in [0, 0.1) is 6.92 Å². The molecule has 0 spiro atoms. The SMILES string of the molecule is Cc1cccc(CBr)c1OCOCc1ccccc1. The van der Waals surface area contributed by atoms with E-state index in [-0.39, 0.29) is 6.79 Å². The fraction of sp³-hybridized carbons (Fsp3) is 0.250. The third kappa shape index (κ3) is 4.08. The van der Waals surface area contributed by atoms with Crippen molar-refractivity contribution in [2.24, 2.45) is 0 Å². The van der Waals surface area contributed by atoms with Crippen LogP contribution >= 0.6 is 15.9 Å². The van der Waals surface area contributed by atoms with Crippen molar-refractivity contribution in [3.63, 3.8) is 0 Å². The van der Waals surface area contributed by atoms with E-state index in [9.17, 15) is 0 Å². The minimum Gasteiger partial charge on any atom is -0.467 e. The van der Waals surface area contributed by atoms with Gasteiger partial charge in [0.25, 0.3) is 0 Å². The summed E-state index contributed by atoms with van der Waals surface area (Å²) in [5, 5.41) is 0.780. The molecule has 0 atom stereocenters. The van der Waals surface area contributed by atoms with Crippen LogP contribution in [0.2, 0.25) is 0 Å². The summed E-state index contributed by atoms with van der Waals surface area (Å²) in [6, 6.07) is 16.2. The van der Waals surface area contributed by atoms with Gasteiger partial charge in [0.1, 0.15) is 5.75 Å². The third-order valence-corrected chi connectivity index (χ3v) is 3.44. The fourth-order valence-electron chi connectivity index (χ4n) is 1.86. The van der Waals surface area contributed by atoms with Crippen molar-refractivity contribution < 1.29 is 9.47 Å². The molecule has 0 fully saturated rings. The molecule has 0 bridgehead atoms. The second kappa shape index (κ2) is 7.31. The number of halogens is 1. The van der Waals surface area contributed by atoms with Crippen LogP contribution in [-0.4, -0.2) is 6.79 Å². The first kappa shape index (κ1) is 14.1. The highest BCUT2D eigenvalue weighted by molar-refractivity contribution is 9.08. The van der Waals surface area contributed by atoms with Crippen molar-refractivity contribution in [2.45, 2.75) is 18.9 Å². The molecule has 19 heavy (non-hydrogen) atoms. The van der Waals surface area contributed by atoms with E-state index < -0.39 is 0 Å². The van der Waals surface area contributed by atoms with Gasteiger partial charge >= 0.3 is 0 Å². The molecule has 100 valence electrons. The summed E-state index contributed by atoms with van der Waals surface area (Å²) >= 11 is 3.47. The van der Waals surface area contributed by atoms with Gasteiger partial charge in [-0.1, -0.05) is 64.5 Å². The Kier molecular flexibility index (Phi) is 5.43. The van der Waals surface area contributed by atoms with Crippen LogP contribution in [0.15, 0.2) is 48.5 Å². The van der Waals surface area contributed by atoms with E-state index in [0.29, 0.717) is 6.61 Å². The van der Waals surface area contributed by atoms with Crippen LogP contribution in [0.4, 0.5) is 0 Å². The van der Waals surface area contributed by atoms with E-state index in [2.05, 4.69) is 15.9 Å². The molecule has 2 aromatic carbocycles. The first-order chi connectivity index (χ1) is 9.31. The number of hydrogen-bond donors (Lipinski definition) is 0. The molecule has 2 rings (SSSR count). The molecule has 0 aliphatic heterocycles. The first-order valence-electron chi connectivity index (χ1n) is 6.20. The zero-order chi connectivity index (χ0) is 13.5.